The van der Waals surface area contributed by atoms with Gasteiger partial charge in [0.05, 0.1) is 23.4 Å². The van der Waals surface area contributed by atoms with Crippen molar-refractivity contribution in [3.63, 3.8) is 0 Å². The van der Waals surface area contributed by atoms with E-state index in [1.165, 1.54) is 0 Å². The summed E-state index contributed by atoms with van der Waals surface area (Å²) in [5, 5.41) is 8.78. The number of sulfone groups is 1. The van der Waals surface area contributed by atoms with Crippen LogP contribution in [0.5, 0.6) is 0 Å². The molecule has 130 valence electrons. The Morgan fingerprint density at radius 2 is 1.96 bits per heavy atom. The molecule has 7 heteroatoms. The van der Waals surface area contributed by atoms with E-state index >= 15 is 0 Å². The van der Waals surface area contributed by atoms with Gasteiger partial charge in [-0.15, -0.1) is 0 Å². The third-order valence-electron chi connectivity index (χ3n) is 4.48. The fourth-order valence-electron chi connectivity index (χ4n) is 3.17. The monoisotopic (exact) mass is 357 g/mol. The molecule has 2 heterocycles. The Labute approximate surface area is 147 Å². The molecule has 1 aromatic carbocycles. The largest absolute Gasteiger partial charge is 0.348 e. The highest BCUT2D eigenvalue weighted by Crippen LogP contribution is 2.25. The molecule has 0 bridgehead atoms. The SMILES string of the molecule is CC1c2cccn2CCN1C(=O)CS(=O)(=O)Cc1ccc(C#N)cc1. The molecule has 3 rings (SSSR count). The van der Waals surface area contributed by atoms with Crippen LogP contribution in [-0.4, -0.2) is 36.1 Å². The van der Waals surface area contributed by atoms with Gasteiger partial charge in [-0.3, -0.25) is 4.79 Å². The maximum atomic E-state index is 12.5. The predicted octanol–water partition coefficient (Wildman–Crippen LogP) is 1.88. The van der Waals surface area contributed by atoms with Gasteiger partial charge in [-0.2, -0.15) is 5.26 Å². The lowest BCUT2D eigenvalue weighted by atomic mass is 10.1. The van der Waals surface area contributed by atoms with E-state index < -0.39 is 15.6 Å². The van der Waals surface area contributed by atoms with E-state index in [0.717, 1.165) is 5.69 Å². The van der Waals surface area contributed by atoms with Gasteiger partial charge in [0.25, 0.3) is 0 Å². The van der Waals surface area contributed by atoms with Crippen LogP contribution in [0.3, 0.4) is 0 Å². The zero-order valence-corrected chi connectivity index (χ0v) is 14.7. The van der Waals surface area contributed by atoms with Crippen molar-refractivity contribution in [1.29, 1.82) is 5.26 Å². The van der Waals surface area contributed by atoms with Crippen molar-refractivity contribution in [3.05, 3.63) is 59.4 Å². The number of hydrogen-bond acceptors (Lipinski definition) is 4. The minimum Gasteiger partial charge on any atom is -0.348 e. The average Bonchev–Trinajstić information content (AvgIpc) is 3.04. The fraction of sp³-hybridized carbons (Fsp3) is 0.333. The van der Waals surface area contributed by atoms with Gasteiger partial charge in [-0.1, -0.05) is 12.1 Å². The maximum absolute atomic E-state index is 12.5. The molecule has 0 N–H and O–H groups in total. The Morgan fingerprint density at radius 3 is 2.64 bits per heavy atom. The van der Waals surface area contributed by atoms with Crippen LogP contribution in [0.15, 0.2) is 42.6 Å². The predicted molar refractivity (Wildman–Crippen MR) is 93.2 cm³/mol. The summed E-state index contributed by atoms with van der Waals surface area (Å²) in [5.41, 5.74) is 2.07. The highest BCUT2D eigenvalue weighted by molar-refractivity contribution is 7.91. The van der Waals surface area contributed by atoms with Crippen molar-refractivity contribution in [3.8, 4) is 6.07 Å². The number of benzene rings is 1. The van der Waals surface area contributed by atoms with Crippen LogP contribution in [-0.2, 0) is 26.9 Å². The summed E-state index contributed by atoms with van der Waals surface area (Å²) < 4.78 is 26.9. The number of hydrogen-bond donors (Lipinski definition) is 0. The first-order valence-electron chi connectivity index (χ1n) is 8.03. The van der Waals surface area contributed by atoms with Gasteiger partial charge in [0.1, 0.15) is 5.75 Å². The van der Waals surface area contributed by atoms with Gasteiger partial charge in [0, 0.05) is 25.0 Å². The Hall–Kier alpha value is -2.59. The van der Waals surface area contributed by atoms with Gasteiger partial charge in [0.2, 0.25) is 5.91 Å². The van der Waals surface area contributed by atoms with Crippen molar-refractivity contribution in [2.75, 3.05) is 12.3 Å². The molecule has 1 atom stereocenters. The summed E-state index contributed by atoms with van der Waals surface area (Å²) >= 11 is 0. The molecular weight excluding hydrogens is 338 g/mol. The molecule has 6 nitrogen and oxygen atoms in total. The molecule has 1 aliphatic rings. The maximum Gasteiger partial charge on any atom is 0.238 e. The lowest BCUT2D eigenvalue weighted by molar-refractivity contribution is -0.131. The minimum atomic E-state index is -3.57. The standard InChI is InChI=1S/C18H19N3O3S/c1-14-17-3-2-8-20(17)9-10-21(14)18(22)13-25(23,24)12-16-6-4-15(11-19)5-7-16/h2-8,14H,9-10,12-13H2,1H3. The number of carbonyl (C=O) groups is 1. The van der Waals surface area contributed by atoms with Crippen molar-refractivity contribution in [1.82, 2.24) is 9.47 Å². The molecule has 0 radical (unpaired) electrons. The lowest BCUT2D eigenvalue weighted by Gasteiger charge is -2.34. The van der Waals surface area contributed by atoms with Gasteiger partial charge in [0.15, 0.2) is 9.84 Å². The number of nitrogens with zero attached hydrogens (tertiary/aromatic N) is 3. The van der Waals surface area contributed by atoms with Gasteiger partial charge in [-0.25, -0.2) is 8.42 Å². The van der Waals surface area contributed by atoms with Gasteiger partial charge >= 0.3 is 0 Å². The van der Waals surface area contributed by atoms with Crippen LogP contribution < -0.4 is 0 Å². The van der Waals surface area contributed by atoms with E-state index in [4.69, 9.17) is 5.26 Å². The second kappa shape index (κ2) is 6.73. The number of rotatable bonds is 4. The van der Waals surface area contributed by atoms with Gasteiger partial charge in [-0.05, 0) is 36.8 Å². The molecule has 0 spiro atoms. The van der Waals surface area contributed by atoms with E-state index in [-0.39, 0.29) is 17.7 Å². The molecule has 2 aromatic rings. The third kappa shape index (κ3) is 3.74. The minimum absolute atomic E-state index is 0.138. The molecule has 0 saturated heterocycles. The Kier molecular flexibility index (Phi) is 4.64. The highest BCUT2D eigenvalue weighted by Gasteiger charge is 2.30. The second-order valence-electron chi connectivity index (χ2n) is 6.23. The fourth-order valence-corrected chi connectivity index (χ4v) is 4.52. The molecule has 25 heavy (non-hydrogen) atoms. The first-order valence-corrected chi connectivity index (χ1v) is 9.86. The number of amides is 1. The zero-order valence-electron chi connectivity index (χ0n) is 13.9. The van der Waals surface area contributed by atoms with Crippen LogP contribution in [0.4, 0.5) is 0 Å². The zero-order chi connectivity index (χ0) is 18.0. The van der Waals surface area contributed by atoms with Crippen LogP contribution in [0.2, 0.25) is 0 Å². The summed E-state index contributed by atoms with van der Waals surface area (Å²) in [6.07, 6.45) is 1.97. The van der Waals surface area contributed by atoms with E-state index in [1.54, 1.807) is 29.2 Å². The van der Waals surface area contributed by atoms with Crippen molar-refractivity contribution in [2.24, 2.45) is 0 Å². The Morgan fingerprint density at radius 1 is 1.24 bits per heavy atom. The van der Waals surface area contributed by atoms with Crippen LogP contribution >= 0.6 is 0 Å². The average molecular weight is 357 g/mol. The topological polar surface area (TPSA) is 83.2 Å². The molecule has 0 aliphatic carbocycles. The molecule has 1 aromatic heterocycles. The number of fused-ring (bicyclic) bond motifs is 1. The van der Waals surface area contributed by atoms with Crippen molar-refractivity contribution in [2.45, 2.75) is 25.3 Å². The third-order valence-corrected chi connectivity index (χ3v) is 5.94. The summed E-state index contributed by atoms with van der Waals surface area (Å²) in [6.45, 7) is 3.10. The molecular formula is C18H19N3O3S. The summed E-state index contributed by atoms with van der Waals surface area (Å²) in [7, 11) is -3.57. The molecule has 1 amide bonds. The number of nitriles is 1. The van der Waals surface area contributed by atoms with Crippen LogP contribution in [0, 0.1) is 11.3 Å². The molecule has 1 aliphatic heterocycles. The Bertz CT molecular complexity index is 923. The summed E-state index contributed by atoms with van der Waals surface area (Å²) in [6, 6.07) is 12.1. The smallest absolute Gasteiger partial charge is 0.238 e. The quantitative estimate of drug-likeness (QED) is 0.836. The Balaban J connectivity index is 1.68. The highest BCUT2D eigenvalue weighted by atomic mass is 32.2. The van der Waals surface area contributed by atoms with E-state index in [9.17, 15) is 13.2 Å². The van der Waals surface area contributed by atoms with E-state index in [1.807, 2.05) is 31.3 Å². The van der Waals surface area contributed by atoms with Crippen molar-refractivity contribution >= 4 is 15.7 Å². The summed E-state index contributed by atoms with van der Waals surface area (Å²) in [4.78, 5) is 14.2. The van der Waals surface area contributed by atoms with Crippen LogP contribution in [0.25, 0.3) is 0 Å². The van der Waals surface area contributed by atoms with Gasteiger partial charge < -0.3 is 9.47 Å². The van der Waals surface area contributed by atoms with Crippen LogP contribution in [0.1, 0.15) is 29.8 Å². The van der Waals surface area contributed by atoms with Crippen molar-refractivity contribution < 1.29 is 13.2 Å². The molecule has 0 fully saturated rings. The second-order valence-corrected chi connectivity index (χ2v) is 8.30. The van der Waals surface area contributed by atoms with E-state index in [2.05, 4.69) is 4.57 Å². The first-order chi connectivity index (χ1) is 11.9. The lowest BCUT2D eigenvalue weighted by Crippen LogP contribution is -2.43. The van der Waals surface area contributed by atoms with E-state index in [0.29, 0.717) is 24.2 Å². The number of aromatic nitrogens is 1. The first kappa shape index (κ1) is 17.2. The molecule has 1 unspecified atom stereocenters. The normalized spacial score (nSPS) is 17.0. The number of carbonyl (C=O) groups excluding carboxylic acids is 1. The summed E-state index contributed by atoms with van der Waals surface area (Å²) in [5.74, 6) is -1.07. The molecule has 0 saturated carbocycles.